The second-order valence-corrected chi connectivity index (χ2v) is 6.74. The summed E-state index contributed by atoms with van der Waals surface area (Å²) in [4.78, 5) is 26.7. The number of amides is 1. The second-order valence-electron chi connectivity index (χ2n) is 6.74. The van der Waals surface area contributed by atoms with Gasteiger partial charge in [-0.2, -0.15) is 0 Å². The number of carbonyl (C=O) groups excluding carboxylic acids is 2. The van der Waals surface area contributed by atoms with Gasteiger partial charge >= 0.3 is 6.09 Å². The van der Waals surface area contributed by atoms with E-state index >= 15 is 0 Å². The SMILES string of the molecule is O=Cc1ccc(C=CCNC(=O)OCC2c3ccccc3-c3ccccc32)cn1. The van der Waals surface area contributed by atoms with Crippen LogP contribution >= 0.6 is 0 Å². The van der Waals surface area contributed by atoms with Gasteiger partial charge in [0.25, 0.3) is 0 Å². The molecular formula is C24H20N2O3. The lowest BCUT2D eigenvalue weighted by molar-refractivity contribution is 0.111. The number of hydrogen-bond donors (Lipinski definition) is 1. The topological polar surface area (TPSA) is 68.3 Å². The van der Waals surface area contributed by atoms with Gasteiger partial charge in [0.2, 0.25) is 0 Å². The van der Waals surface area contributed by atoms with Crippen LogP contribution < -0.4 is 5.32 Å². The lowest BCUT2D eigenvalue weighted by Gasteiger charge is -2.14. The van der Waals surface area contributed by atoms with Crippen LogP contribution in [-0.4, -0.2) is 30.5 Å². The molecule has 144 valence electrons. The molecular weight excluding hydrogens is 364 g/mol. The molecule has 29 heavy (non-hydrogen) atoms. The van der Waals surface area contributed by atoms with Crippen molar-refractivity contribution in [2.24, 2.45) is 0 Å². The van der Waals surface area contributed by atoms with E-state index in [1.165, 1.54) is 22.3 Å². The molecule has 1 aliphatic carbocycles. The number of carbonyl (C=O) groups is 2. The summed E-state index contributed by atoms with van der Waals surface area (Å²) in [6, 6.07) is 19.9. The number of pyridine rings is 1. The highest BCUT2D eigenvalue weighted by molar-refractivity contribution is 5.79. The highest BCUT2D eigenvalue weighted by Crippen LogP contribution is 2.44. The Hall–Kier alpha value is -3.73. The number of ether oxygens (including phenoxy) is 1. The van der Waals surface area contributed by atoms with Crippen LogP contribution in [0, 0.1) is 0 Å². The molecule has 1 amide bonds. The standard InChI is InChI=1S/C24H20N2O3/c27-15-18-12-11-17(14-26-18)6-5-13-25-24(28)29-16-23-21-9-3-1-7-19(21)20-8-2-4-10-22(20)23/h1-12,14-15,23H,13,16H2,(H,25,28). The predicted molar refractivity (Wildman–Crippen MR) is 112 cm³/mol. The van der Waals surface area contributed by atoms with Crippen LogP contribution in [0.3, 0.4) is 0 Å². The zero-order valence-electron chi connectivity index (χ0n) is 15.7. The summed E-state index contributed by atoms with van der Waals surface area (Å²) in [5.74, 6) is 0.0473. The Morgan fingerprint density at radius 2 is 1.69 bits per heavy atom. The van der Waals surface area contributed by atoms with Crippen molar-refractivity contribution in [1.82, 2.24) is 10.3 Å². The van der Waals surface area contributed by atoms with E-state index in [1.807, 2.05) is 30.3 Å². The van der Waals surface area contributed by atoms with Crippen LogP contribution in [0.5, 0.6) is 0 Å². The van der Waals surface area contributed by atoms with Crippen molar-refractivity contribution in [2.45, 2.75) is 5.92 Å². The number of benzene rings is 2. The molecule has 0 fully saturated rings. The first-order valence-corrected chi connectivity index (χ1v) is 9.43. The van der Waals surface area contributed by atoms with Crippen molar-refractivity contribution in [3.05, 3.63) is 95.3 Å². The molecule has 3 aromatic rings. The van der Waals surface area contributed by atoms with Crippen LogP contribution in [0.4, 0.5) is 4.79 Å². The van der Waals surface area contributed by atoms with E-state index in [2.05, 4.69) is 34.6 Å². The first-order chi connectivity index (χ1) is 14.3. The van der Waals surface area contributed by atoms with Gasteiger partial charge in [-0.05, 0) is 33.9 Å². The Morgan fingerprint density at radius 1 is 1.00 bits per heavy atom. The summed E-state index contributed by atoms with van der Waals surface area (Å²) in [6.45, 7) is 0.632. The normalized spacial score (nSPS) is 12.4. The van der Waals surface area contributed by atoms with Crippen molar-refractivity contribution in [3.8, 4) is 11.1 Å². The third-order valence-corrected chi connectivity index (χ3v) is 4.95. The average Bonchev–Trinajstić information content (AvgIpc) is 3.09. The van der Waals surface area contributed by atoms with E-state index in [4.69, 9.17) is 4.74 Å². The van der Waals surface area contributed by atoms with Crippen molar-refractivity contribution in [3.63, 3.8) is 0 Å². The van der Waals surface area contributed by atoms with E-state index in [-0.39, 0.29) is 5.92 Å². The summed E-state index contributed by atoms with van der Waals surface area (Å²) < 4.78 is 5.49. The van der Waals surface area contributed by atoms with Gasteiger partial charge < -0.3 is 10.1 Å². The van der Waals surface area contributed by atoms with Crippen molar-refractivity contribution >= 4 is 18.5 Å². The minimum atomic E-state index is -0.453. The summed E-state index contributed by atoms with van der Waals surface area (Å²) in [7, 11) is 0. The van der Waals surface area contributed by atoms with Crippen molar-refractivity contribution < 1.29 is 14.3 Å². The van der Waals surface area contributed by atoms with Crippen LogP contribution in [0.2, 0.25) is 0 Å². The smallest absolute Gasteiger partial charge is 0.407 e. The maximum Gasteiger partial charge on any atom is 0.407 e. The molecule has 0 bridgehead atoms. The number of alkyl carbamates (subject to hydrolysis) is 1. The van der Waals surface area contributed by atoms with Gasteiger partial charge in [0, 0.05) is 18.7 Å². The Labute approximate surface area is 169 Å². The molecule has 2 aromatic carbocycles. The largest absolute Gasteiger partial charge is 0.449 e. The molecule has 5 nitrogen and oxygen atoms in total. The van der Waals surface area contributed by atoms with Gasteiger partial charge in [-0.3, -0.25) is 9.78 Å². The van der Waals surface area contributed by atoms with Crippen LogP contribution in [-0.2, 0) is 4.74 Å². The molecule has 1 heterocycles. The maximum atomic E-state index is 12.1. The lowest BCUT2D eigenvalue weighted by Crippen LogP contribution is -2.26. The van der Waals surface area contributed by atoms with Crippen LogP contribution in [0.15, 0.2) is 72.9 Å². The monoisotopic (exact) mass is 384 g/mol. The zero-order chi connectivity index (χ0) is 20.1. The van der Waals surface area contributed by atoms with E-state index in [9.17, 15) is 9.59 Å². The minimum absolute atomic E-state index is 0.0473. The van der Waals surface area contributed by atoms with Gasteiger partial charge in [0.1, 0.15) is 12.3 Å². The summed E-state index contributed by atoms with van der Waals surface area (Å²) in [6.07, 6.45) is 5.48. The van der Waals surface area contributed by atoms with E-state index < -0.39 is 6.09 Å². The predicted octanol–water partition coefficient (Wildman–Crippen LogP) is 4.45. The first-order valence-electron chi connectivity index (χ1n) is 9.43. The van der Waals surface area contributed by atoms with Gasteiger partial charge in [0.05, 0.1) is 0 Å². The highest BCUT2D eigenvalue weighted by atomic mass is 16.5. The number of fused-ring (bicyclic) bond motifs is 3. The third kappa shape index (κ3) is 4.09. The summed E-state index contributed by atoms with van der Waals surface area (Å²) >= 11 is 0. The summed E-state index contributed by atoms with van der Waals surface area (Å²) in [5, 5.41) is 2.72. The molecule has 0 atom stereocenters. The molecule has 0 unspecified atom stereocenters. The van der Waals surface area contributed by atoms with Gasteiger partial charge in [-0.15, -0.1) is 0 Å². The van der Waals surface area contributed by atoms with Crippen LogP contribution in [0.1, 0.15) is 33.1 Å². The fourth-order valence-corrected chi connectivity index (χ4v) is 3.57. The van der Waals surface area contributed by atoms with Gasteiger partial charge in [-0.25, -0.2) is 4.79 Å². The molecule has 0 aliphatic heterocycles. The zero-order valence-corrected chi connectivity index (χ0v) is 15.7. The quantitative estimate of drug-likeness (QED) is 0.638. The molecule has 1 aromatic heterocycles. The Morgan fingerprint density at radius 3 is 2.31 bits per heavy atom. The molecule has 0 spiro atoms. The van der Waals surface area contributed by atoms with Crippen molar-refractivity contribution in [2.75, 3.05) is 13.2 Å². The fraction of sp³-hybridized carbons (Fsp3) is 0.125. The van der Waals surface area contributed by atoms with Gasteiger partial charge in [0.15, 0.2) is 6.29 Å². The summed E-state index contributed by atoms with van der Waals surface area (Å²) in [5.41, 5.74) is 6.02. The fourth-order valence-electron chi connectivity index (χ4n) is 3.57. The Kier molecular flexibility index (Phi) is 5.47. The van der Waals surface area contributed by atoms with E-state index in [0.717, 1.165) is 5.56 Å². The third-order valence-electron chi connectivity index (χ3n) is 4.95. The number of rotatable bonds is 6. The van der Waals surface area contributed by atoms with E-state index in [1.54, 1.807) is 24.4 Å². The number of hydrogen-bond acceptors (Lipinski definition) is 4. The highest BCUT2D eigenvalue weighted by Gasteiger charge is 2.28. The molecule has 1 aliphatic rings. The van der Waals surface area contributed by atoms with Crippen LogP contribution in [0.25, 0.3) is 17.2 Å². The average molecular weight is 384 g/mol. The first kappa shape index (κ1) is 18.6. The number of aromatic nitrogens is 1. The van der Waals surface area contributed by atoms with Crippen molar-refractivity contribution in [1.29, 1.82) is 0 Å². The molecule has 0 saturated heterocycles. The minimum Gasteiger partial charge on any atom is -0.449 e. The number of nitrogens with zero attached hydrogens (tertiary/aromatic N) is 1. The van der Waals surface area contributed by atoms with E-state index in [0.29, 0.717) is 25.1 Å². The second kappa shape index (κ2) is 8.52. The lowest BCUT2D eigenvalue weighted by atomic mass is 9.98. The molecule has 0 radical (unpaired) electrons. The Bertz CT molecular complexity index is 1010. The Balaban J connectivity index is 1.32. The molecule has 5 heteroatoms. The number of nitrogens with one attached hydrogen (secondary N) is 1. The maximum absolute atomic E-state index is 12.1. The van der Waals surface area contributed by atoms with Gasteiger partial charge in [-0.1, -0.05) is 66.7 Å². The molecule has 4 rings (SSSR count). The molecule has 0 saturated carbocycles. The molecule has 1 N–H and O–H groups in total. The number of aldehydes is 1.